The number of carboxylic acids is 1. The molecule has 1 atom stereocenters. The van der Waals surface area contributed by atoms with E-state index in [4.69, 9.17) is 9.84 Å². The van der Waals surface area contributed by atoms with Crippen LogP contribution in [0.25, 0.3) is 10.9 Å². The fraction of sp³-hybridized carbons (Fsp3) is 0.150. The molecule has 0 spiro atoms. The number of ether oxygens (including phenoxy) is 1. The van der Waals surface area contributed by atoms with Gasteiger partial charge in [0.2, 0.25) is 0 Å². The molecule has 0 bridgehead atoms. The van der Waals surface area contributed by atoms with Crippen molar-refractivity contribution in [2.75, 3.05) is 5.75 Å². The molecular weight excluding hydrogens is 451 g/mol. The largest absolute Gasteiger partial charge is 0.480 e. The fourth-order valence-electron chi connectivity index (χ4n) is 3.00. The first-order valence-electron chi connectivity index (χ1n) is 9.00. The predicted molar refractivity (Wildman–Crippen MR) is 110 cm³/mol. The van der Waals surface area contributed by atoms with Gasteiger partial charge in [-0.25, -0.2) is 9.78 Å². The van der Waals surface area contributed by atoms with Crippen molar-refractivity contribution in [2.24, 2.45) is 4.99 Å². The third kappa shape index (κ3) is 4.35. The lowest BCUT2D eigenvalue weighted by molar-refractivity contribution is -0.385. The molecule has 1 unspecified atom stereocenters. The van der Waals surface area contributed by atoms with Crippen molar-refractivity contribution in [2.45, 2.75) is 12.2 Å². The van der Waals surface area contributed by atoms with Gasteiger partial charge in [-0.15, -0.1) is 11.8 Å². The summed E-state index contributed by atoms with van der Waals surface area (Å²) in [7, 11) is 0. The van der Waals surface area contributed by atoms with E-state index in [0.29, 0.717) is 33.5 Å². The van der Waals surface area contributed by atoms with Crippen LogP contribution in [-0.4, -0.2) is 37.8 Å². The molecule has 0 aliphatic carbocycles. The Morgan fingerprint density at radius 1 is 1.19 bits per heavy atom. The first-order chi connectivity index (χ1) is 15.1. The number of nitro groups is 1. The van der Waals surface area contributed by atoms with Crippen molar-refractivity contribution in [3.63, 3.8) is 0 Å². The number of nitrogens with zero attached hydrogens (tertiary/aromatic N) is 3. The summed E-state index contributed by atoms with van der Waals surface area (Å²) in [5.74, 6) is -1.18. The van der Waals surface area contributed by atoms with Gasteiger partial charge in [0.05, 0.1) is 16.1 Å². The maximum absolute atomic E-state index is 13.4. The number of aliphatic carboxylic acids is 1. The Kier molecular flexibility index (Phi) is 5.46. The van der Waals surface area contributed by atoms with Crippen LogP contribution < -0.4 is 4.74 Å². The van der Waals surface area contributed by atoms with Crippen molar-refractivity contribution >= 4 is 39.4 Å². The van der Waals surface area contributed by atoms with E-state index < -0.39 is 40.1 Å². The van der Waals surface area contributed by atoms with Gasteiger partial charge in [-0.3, -0.25) is 15.1 Å². The van der Waals surface area contributed by atoms with E-state index in [9.17, 15) is 28.1 Å². The lowest BCUT2D eigenvalue weighted by atomic mass is 10.1. The number of carbonyl (C=O) groups is 1. The van der Waals surface area contributed by atoms with Crippen molar-refractivity contribution in [1.82, 2.24) is 4.98 Å². The van der Waals surface area contributed by atoms with Crippen LogP contribution in [0.1, 0.15) is 11.3 Å². The molecule has 3 aromatic rings. The Morgan fingerprint density at radius 2 is 1.97 bits per heavy atom. The van der Waals surface area contributed by atoms with Gasteiger partial charge in [0.1, 0.15) is 22.1 Å². The van der Waals surface area contributed by atoms with Crippen molar-refractivity contribution in [1.29, 1.82) is 0 Å². The molecule has 0 fully saturated rings. The molecular formula is C20H12F3N3O5S. The Morgan fingerprint density at radius 3 is 2.62 bits per heavy atom. The second kappa shape index (κ2) is 8.11. The zero-order valence-corrected chi connectivity index (χ0v) is 16.7. The summed E-state index contributed by atoms with van der Waals surface area (Å²) in [4.78, 5) is 29.5. The lowest BCUT2D eigenvalue weighted by Gasteiger charge is -2.14. The van der Waals surface area contributed by atoms with Crippen molar-refractivity contribution in [3.8, 4) is 11.5 Å². The second-order valence-corrected chi connectivity index (χ2v) is 7.70. The van der Waals surface area contributed by atoms with E-state index in [-0.39, 0.29) is 5.75 Å². The highest BCUT2D eigenvalue weighted by Crippen LogP contribution is 2.40. The standard InChI is InChI=1S/C20H12F3N3O5S/c21-20(22,23)13-8-11(26(29)30)2-6-17(13)31-12-3-5-14-10(7-12)1-4-15(24-14)18-25-16(9-32-18)19(27)28/h1-8,16H,9H2,(H,27,28). The highest BCUT2D eigenvalue weighted by Gasteiger charge is 2.36. The van der Waals surface area contributed by atoms with Crippen molar-refractivity contribution in [3.05, 3.63) is 69.9 Å². The van der Waals surface area contributed by atoms with Crippen LogP contribution in [0.2, 0.25) is 0 Å². The van der Waals surface area contributed by atoms with Crippen LogP contribution in [0.5, 0.6) is 11.5 Å². The number of halogens is 3. The average Bonchev–Trinajstić information content (AvgIpc) is 3.23. The molecule has 0 amide bonds. The zero-order valence-electron chi connectivity index (χ0n) is 15.9. The molecule has 32 heavy (non-hydrogen) atoms. The van der Waals surface area contributed by atoms with Gasteiger partial charge in [-0.05, 0) is 30.3 Å². The van der Waals surface area contributed by atoms with Crippen LogP contribution in [-0.2, 0) is 11.0 Å². The number of alkyl halides is 3. The normalized spacial score (nSPS) is 16.1. The van der Waals surface area contributed by atoms with E-state index in [1.54, 1.807) is 18.2 Å². The summed E-state index contributed by atoms with van der Waals surface area (Å²) in [6.07, 6.45) is -4.85. The topological polar surface area (TPSA) is 115 Å². The number of aliphatic imine (C=N–C) groups is 1. The monoisotopic (exact) mass is 463 g/mol. The summed E-state index contributed by atoms with van der Waals surface area (Å²) < 4.78 is 45.5. The van der Waals surface area contributed by atoms with Gasteiger partial charge in [0.25, 0.3) is 5.69 Å². The molecule has 1 aliphatic heterocycles. The molecule has 2 aromatic carbocycles. The quantitative estimate of drug-likeness (QED) is 0.423. The van der Waals surface area contributed by atoms with E-state index in [1.165, 1.54) is 23.9 Å². The highest BCUT2D eigenvalue weighted by atomic mass is 32.2. The minimum Gasteiger partial charge on any atom is -0.480 e. The SMILES string of the molecule is O=C(O)C1CSC(c2ccc3cc(Oc4ccc([N+](=O)[O-])cc4C(F)(F)F)ccc3n2)=N1. The molecule has 0 saturated heterocycles. The molecule has 1 aromatic heterocycles. The summed E-state index contributed by atoms with van der Waals surface area (Å²) in [5, 5.41) is 20.9. The Hall–Kier alpha value is -3.67. The second-order valence-electron chi connectivity index (χ2n) is 6.69. The van der Waals surface area contributed by atoms with Gasteiger partial charge < -0.3 is 9.84 Å². The third-order valence-electron chi connectivity index (χ3n) is 4.52. The molecule has 0 radical (unpaired) electrons. The predicted octanol–water partition coefficient (Wildman–Crippen LogP) is 4.90. The minimum absolute atomic E-state index is 0.0879. The van der Waals surface area contributed by atoms with E-state index in [0.717, 1.165) is 12.1 Å². The number of rotatable bonds is 5. The van der Waals surface area contributed by atoms with Crippen LogP contribution in [0.15, 0.2) is 53.5 Å². The molecule has 1 N–H and O–H groups in total. The van der Waals surface area contributed by atoms with Crippen LogP contribution in [0, 0.1) is 10.1 Å². The number of nitro benzene ring substituents is 1. The molecule has 164 valence electrons. The van der Waals surface area contributed by atoms with Gasteiger partial charge in [-0.2, -0.15) is 13.2 Å². The number of benzene rings is 2. The number of aromatic nitrogens is 1. The van der Waals surface area contributed by atoms with E-state index >= 15 is 0 Å². The lowest BCUT2D eigenvalue weighted by Crippen LogP contribution is -2.17. The minimum atomic E-state index is -4.85. The van der Waals surface area contributed by atoms with E-state index in [2.05, 4.69) is 9.98 Å². The summed E-state index contributed by atoms with van der Waals surface area (Å²) in [6.45, 7) is 0. The summed E-state index contributed by atoms with van der Waals surface area (Å²) >= 11 is 1.28. The number of fused-ring (bicyclic) bond motifs is 1. The number of hydrogen-bond donors (Lipinski definition) is 1. The van der Waals surface area contributed by atoms with Crippen LogP contribution in [0.4, 0.5) is 18.9 Å². The van der Waals surface area contributed by atoms with E-state index in [1.807, 2.05) is 0 Å². The fourth-order valence-corrected chi connectivity index (χ4v) is 3.99. The first kappa shape index (κ1) is 21.6. The van der Waals surface area contributed by atoms with Crippen molar-refractivity contribution < 1.29 is 32.7 Å². The van der Waals surface area contributed by atoms with Crippen LogP contribution >= 0.6 is 11.8 Å². The van der Waals surface area contributed by atoms with Gasteiger partial charge in [0, 0.05) is 23.3 Å². The summed E-state index contributed by atoms with van der Waals surface area (Å²) in [6, 6.07) is 9.19. The smallest absolute Gasteiger partial charge is 0.420 e. The summed E-state index contributed by atoms with van der Waals surface area (Å²) in [5.41, 5.74) is -0.950. The third-order valence-corrected chi connectivity index (χ3v) is 5.59. The molecule has 12 heteroatoms. The number of pyridine rings is 1. The first-order valence-corrected chi connectivity index (χ1v) is 9.98. The Labute approximate surface area is 181 Å². The number of non-ortho nitro benzene ring substituents is 1. The molecule has 8 nitrogen and oxygen atoms in total. The Balaban J connectivity index is 1.64. The van der Waals surface area contributed by atoms with Gasteiger partial charge in [-0.1, -0.05) is 6.07 Å². The number of hydrogen-bond acceptors (Lipinski definition) is 7. The maximum Gasteiger partial charge on any atom is 0.420 e. The number of carboxylic acid groups (broad SMARTS) is 1. The zero-order chi connectivity index (χ0) is 23.0. The molecule has 0 saturated carbocycles. The van der Waals surface area contributed by atoms with Gasteiger partial charge >= 0.3 is 12.1 Å². The highest BCUT2D eigenvalue weighted by molar-refractivity contribution is 8.14. The molecule has 1 aliphatic rings. The average molecular weight is 463 g/mol. The molecule has 2 heterocycles. The Bertz CT molecular complexity index is 1280. The van der Waals surface area contributed by atoms with Gasteiger partial charge in [0.15, 0.2) is 6.04 Å². The maximum atomic E-state index is 13.4. The van der Waals surface area contributed by atoms with Crippen LogP contribution in [0.3, 0.4) is 0 Å². The molecule has 4 rings (SSSR count). The number of thioether (sulfide) groups is 1.